The lowest BCUT2D eigenvalue weighted by molar-refractivity contribution is 0.0385. The Morgan fingerprint density at radius 2 is 1.74 bits per heavy atom. The van der Waals surface area contributed by atoms with E-state index in [2.05, 4.69) is 48.3 Å². The van der Waals surface area contributed by atoms with Crippen molar-refractivity contribution in [2.24, 2.45) is 0 Å². The molecule has 1 aliphatic heterocycles. The second kappa shape index (κ2) is 7.35. The Bertz CT molecular complexity index is 498. The number of amides is 1. The van der Waals surface area contributed by atoms with E-state index in [9.17, 15) is 4.79 Å². The van der Waals surface area contributed by atoms with Crippen molar-refractivity contribution in [2.45, 2.75) is 77.7 Å². The van der Waals surface area contributed by atoms with Crippen molar-refractivity contribution in [3.05, 3.63) is 35.9 Å². The van der Waals surface area contributed by atoms with Crippen LogP contribution in [0.1, 0.15) is 53.0 Å². The first-order valence-corrected chi connectivity index (χ1v) is 8.54. The summed E-state index contributed by atoms with van der Waals surface area (Å²) < 4.78 is 5.37. The van der Waals surface area contributed by atoms with Crippen LogP contribution in [0.4, 0.5) is 4.79 Å². The molecule has 0 unspecified atom stereocenters. The van der Waals surface area contributed by atoms with Gasteiger partial charge in [0.2, 0.25) is 0 Å². The molecule has 1 amide bonds. The zero-order valence-electron chi connectivity index (χ0n) is 15.0. The summed E-state index contributed by atoms with van der Waals surface area (Å²) in [7, 11) is 0. The van der Waals surface area contributed by atoms with Crippen LogP contribution >= 0.6 is 0 Å². The van der Waals surface area contributed by atoms with Gasteiger partial charge in [0.1, 0.15) is 5.60 Å². The van der Waals surface area contributed by atoms with Gasteiger partial charge in [-0.25, -0.2) is 4.79 Å². The number of hydrogen-bond donors (Lipinski definition) is 1. The number of likely N-dealkylation sites (tertiary alicyclic amines) is 1. The highest BCUT2D eigenvalue weighted by Gasteiger charge is 2.32. The van der Waals surface area contributed by atoms with Crippen molar-refractivity contribution in [3.63, 3.8) is 0 Å². The monoisotopic (exact) mass is 318 g/mol. The Hall–Kier alpha value is -1.55. The number of carbonyl (C=O) groups is 1. The lowest BCUT2D eigenvalue weighted by atomic mass is 9.92. The van der Waals surface area contributed by atoms with Crippen LogP contribution in [0.15, 0.2) is 30.3 Å². The van der Waals surface area contributed by atoms with E-state index in [0.29, 0.717) is 12.1 Å². The fraction of sp³-hybridized carbons (Fsp3) is 0.632. The van der Waals surface area contributed by atoms with Crippen molar-refractivity contribution in [2.75, 3.05) is 0 Å². The molecule has 1 aromatic carbocycles. The summed E-state index contributed by atoms with van der Waals surface area (Å²) in [6.45, 7) is 11.1. The Morgan fingerprint density at radius 3 is 2.26 bits per heavy atom. The Labute approximate surface area is 140 Å². The molecule has 4 nitrogen and oxygen atoms in total. The van der Waals surface area contributed by atoms with Gasteiger partial charge in [0.25, 0.3) is 0 Å². The van der Waals surface area contributed by atoms with Crippen molar-refractivity contribution >= 4 is 6.09 Å². The van der Waals surface area contributed by atoms with Gasteiger partial charge in [-0.3, -0.25) is 4.90 Å². The fourth-order valence-corrected chi connectivity index (χ4v) is 3.32. The van der Waals surface area contributed by atoms with E-state index < -0.39 is 5.60 Å². The number of ether oxygens (including phenoxy) is 1. The van der Waals surface area contributed by atoms with E-state index in [0.717, 1.165) is 19.4 Å². The maximum atomic E-state index is 12.0. The van der Waals surface area contributed by atoms with E-state index in [1.807, 2.05) is 26.8 Å². The highest BCUT2D eigenvalue weighted by molar-refractivity contribution is 5.68. The van der Waals surface area contributed by atoms with E-state index in [1.54, 1.807) is 0 Å². The zero-order valence-corrected chi connectivity index (χ0v) is 15.0. The first-order chi connectivity index (χ1) is 10.7. The summed E-state index contributed by atoms with van der Waals surface area (Å²) in [6, 6.07) is 11.6. The summed E-state index contributed by atoms with van der Waals surface area (Å²) >= 11 is 0. The number of nitrogens with one attached hydrogen (secondary N) is 1. The second-order valence-corrected chi connectivity index (χ2v) is 7.67. The number of piperidine rings is 1. The van der Waals surface area contributed by atoms with E-state index in [-0.39, 0.29) is 12.1 Å². The number of hydrogen-bond acceptors (Lipinski definition) is 3. The van der Waals surface area contributed by atoms with Crippen LogP contribution in [0.5, 0.6) is 0 Å². The van der Waals surface area contributed by atoms with Crippen LogP contribution in [-0.2, 0) is 11.3 Å². The number of nitrogens with zero attached hydrogens (tertiary/aromatic N) is 1. The van der Waals surface area contributed by atoms with Gasteiger partial charge in [-0.1, -0.05) is 30.3 Å². The van der Waals surface area contributed by atoms with Gasteiger partial charge in [-0.05, 0) is 53.0 Å². The van der Waals surface area contributed by atoms with Gasteiger partial charge in [0.15, 0.2) is 0 Å². The summed E-state index contributed by atoms with van der Waals surface area (Å²) in [5.74, 6) is 0. The quantitative estimate of drug-likeness (QED) is 0.917. The molecule has 1 saturated heterocycles. The van der Waals surface area contributed by atoms with Gasteiger partial charge in [-0.2, -0.15) is 0 Å². The lowest BCUT2D eigenvalue weighted by Gasteiger charge is -2.43. The third-order valence-corrected chi connectivity index (χ3v) is 4.31. The van der Waals surface area contributed by atoms with Gasteiger partial charge >= 0.3 is 6.09 Å². The van der Waals surface area contributed by atoms with Crippen LogP contribution in [0.25, 0.3) is 0 Å². The molecule has 1 fully saturated rings. The molecule has 2 atom stereocenters. The Balaban J connectivity index is 1.90. The fourth-order valence-electron chi connectivity index (χ4n) is 3.32. The van der Waals surface area contributed by atoms with Crippen LogP contribution in [0, 0.1) is 0 Å². The lowest BCUT2D eigenvalue weighted by Crippen LogP contribution is -2.53. The summed E-state index contributed by atoms with van der Waals surface area (Å²) in [4.78, 5) is 14.5. The molecule has 1 aliphatic rings. The van der Waals surface area contributed by atoms with Crippen LogP contribution in [0.2, 0.25) is 0 Å². The predicted octanol–water partition coefficient (Wildman–Crippen LogP) is 3.95. The number of benzene rings is 1. The zero-order chi connectivity index (χ0) is 17.0. The molecule has 0 aromatic heterocycles. The molecule has 128 valence electrons. The molecular formula is C19H30N2O2. The number of alkyl carbamates (subject to hydrolysis) is 1. The smallest absolute Gasteiger partial charge is 0.407 e. The molecule has 0 bridgehead atoms. The average Bonchev–Trinajstić information content (AvgIpc) is 2.42. The maximum Gasteiger partial charge on any atom is 0.407 e. The SMILES string of the molecule is C[C@@H]1CC(NC(=O)OC(C)(C)C)C[C@@H](C)N1Cc1ccccc1. The third kappa shape index (κ3) is 5.54. The van der Waals surface area contributed by atoms with Crippen molar-refractivity contribution < 1.29 is 9.53 Å². The minimum atomic E-state index is -0.449. The molecule has 0 aliphatic carbocycles. The first kappa shape index (κ1) is 17.8. The summed E-state index contributed by atoms with van der Waals surface area (Å²) in [5.41, 5.74) is 0.889. The third-order valence-electron chi connectivity index (χ3n) is 4.31. The maximum absolute atomic E-state index is 12.0. The molecule has 0 spiro atoms. The van der Waals surface area contributed by atoms with Crippen molar-refractivity contribution in [1.82, 2.24) is 10.2 Å². The highest BCUT2D eigenvalue weighted by Crippen LogP contribution is 2.25. The molecule has 2 rings (SSSR count). The summed E-state index contributed by atoms with van der Waals surface area (Å²) in [6.07, 6.45) is 1.60. The number of carbonyl (C=O) groups excluding carboxylic acids is 1. The van der Waals surface area contributed by atoms with Gasteiger partial charge in [0, 0.05) is 24.7 Å². The molecule has 0 saturated carbocycles. The number of rotatable bonds is 3. The molecule has 4 heteroatoms. The minimum Gasteiger partial charge on any atom is -0.444 e. The molecule has 0 radical (unpaired) electrons. The molecule has 23 heavy (non-hydrogen) atoms. The second-order valence-electron chi connectivity index (χ2n) is 7.67. The average molecular weight is 318 g/mol. The van der Waals surface area contributed by atoms with Crippen LogP contribution < -0.4 is 5.32 Å². The Morgan fingerprint density at radius 1 is 1.17 bits per heavy atom. The van der Waals surface area contributed by atoms with Crippen LogP contribution in [0.3, 0.4) is 0 Å². The van der Waals surface area contributed by atoms with Crippen LogP contribution in [-0.4, -0.2) is 34.7 Å². The molecule has 1 N–H and O–H groups in total. The van der Waals surface area contributed by atoms with E-state index in [1.165, 1.54) is 5.56 Å². The van der Waals surface area contributed by atoms with E-state index in [4.69, 9.17) is 4.74 Å². The Kier molecular flexibility index (Phi) is 5.69. The first-order valence-electron chi connectivity index (χ1n) is 8.54. The van der Waals surface area contributed by atoms with Gasteiger partial charge < -0.3 is 10.1 Å². The van der Waals surface area contributed by atoms with Crippen molar-refractivity contribution in [1.29, 1.82) is 0 Å². The topological polar surface area (TPSA) is 41.6 Å². The highest BCUT2D eigenvalue weighted by atomic mass is 16.6. The summed E-state index contributed by atoms with van der Waals surface area (Å²) in [5, 5.41) is 3.03. The van der Waals surface area contributed by atoms with Gasteiger partial charge in [-0.15, -0.1) is 0 Å². The normalized spacial score (nSPS) is 25.9. The standard InChI is InChI=1S/C19H30N2O2/c1-14-11-17(20-18(22)23-19(3,4)5)12-15(2)21(14)13-16-9-7-6-8-10-16/h6-10,14-15,17H,11-13H2,1-5H3,(H,20,22)/t14-,15-/m1/s1. The molecular weight excluding hydrogens is 288 g/mol. The van der Waals surface area contributed by atoms with Crippen molar-refractivity contribution in [3.8, 4) is 0 Å². The molecule has 1 aromatic rings. The van der Waals surface area contributed by atoms with Gasteiger partial charge in [0.05, 0.1) is 0 Å². The predicted molar refractivity (Wildman–Crippen MR) is 93.3 cm³/mol. The molecule has 1 heterocycles. The van der Waals surface area contributed by atoms with E-state index >= 15 is 0 Å². The largest absolute Gasteiger partial charge is 0.444 e. The minimum absolute atomic E-state index is 0.182.